The standard InChI is InChI=1S/C14H16N2O/c1-2-4-11(5-3-1)13-14(17-10-16-13)12-6-8-15-9-7-12/h1-5,10,12,15H,6-9H2. The summed E-state index contributed by atoms with van der Waals surface area (Å²) < 4.78 is 5.62. The van der Waals surface area contributed by atoms with Gasteiger partial charge in [0, 0.05) is 11.5 Å². The summed E-state index contributed by atoms with van der Waals surface area (Å²) in [6.45, 7) is 2.14. The maximum atomic E-state index is 5.62. The van der Waals surface area contributed by atoms with Crippen molar-refractivity contribution in [2.45, 2.75) is 18.8 Å². The van der Waals surface area contributed by atoms with Crippen molar-refractivity contribution in [2.24, 2.45) is 0 Å². The van der Waals surface area contributed by atoms with Crippen LogP contribution >= 0.6 is 0 Å². The number of nitrogens with zero attached hydrogens (tertiary/aromatic N) is 1. The molecule has 1 aliphatic rings. The van der Waals surface area contributed by atoms with Crippen molar-refractivity contribution < 1.29 is 4.42 Å². The average Bonchev–Trinajstić information content (AvgIpc) is 2.90. The normalized spacial score (nSPS) is 17.2. The lowest BCUT2D eigenvalue weighted by Gasteiger charge is -2.21. The fraction of sp³-hybridized carbons (Fsp3) is 0.357. The van der Waals surface area contributed by atoms with E-state index in [1.807, 2.05) is 18.2 Å². The first-order chi connectivity index (χ1) is 8.45. The van der Waals surface area contributed by atoms with Crippen LogP contribution in [0.4, 0.5) is 0 Å². The van der Waals surface area contributed by atoms with Crippen LogP contribution < -0.4 is 5.32 Å². The number of hydrogen-bond donors (Lipinski definition) is 1. The van der Waals surface area contributed by atoms with Gasteiger partial charge in [0.25, 0.3) is 0 Å². The minimum atomic E-state index is 0.508. The molecule has 1 aromatic carbocycles. The molecule has 88 valence electrons. The van der Waals surface area contributed by atoms with Crippen molar-refractivity contribution in [1.29, 1.82) is 0 Å². The molecule has 1 aliphatic heterocycles. The molecule has 0 radical (unpaired) electrons. The molecule has 1 N–H and O–H groups in total. The van der Waals surface area contributed by atoms with Crippen LogP contribution in [0.25, 0.3) is 11.3 Å². The minimum absolute atomic E-state index is 0.508. The van der Waals surface area contributed by atoms with Gasteiger partial charge < -0.3 is 9.73 Å². The topological polar surface area (TPSA) is 38.1 Å². The van der Waals surface area contributed by atoms with Gasteiger partial charge in [-0.2, -0.15) is 0 Å². The first kappa shape index (κ1) is 10.5. The molecular formula is C14H16N2O. The summed E-state index contributed by atoms with van der Waals surface area (Å²) in [6.07, 6.45) is 3.84. The first-order valence-electron chi connectivity index (χ1n) is 6.14. The van der Waals surface area contributed by atoms with Gasteiger partial charge in [0.15, 0.2) is 6.39 Å². The SMILES string of the molecule is c1ccc(-c2ncoc2C2CCNCC2)cc1. The third-order valence-electron chi connectivity index (χ3n) is 3.35. The molecule has 2 heterocycles. The van der Waals surface area contributed by atoms with Gasteiger partial charge in [-0.3, -0.25) is 0 Å². The molecule has 0 bridgehead atoms. The lowest BCUT2D eigenvalue weighted by Crippen LogP contribution is -2.26. The molecule has 3 nitrogen and oxygen atoms in total. The molecule has 1 aromatic heterocycles. The van der Waals surface area contributed by atoms with Gasteiger partial charge in [0.05, 0.1) is 0 Å². The quantitative estimate of drug-likeness (QED) is 0.859. The summed E-state index contributed by atoms with van der Waals surface area (Å²) in [4.78, 5) is 4.37. The maximum Gasteiger partial charge on any atom is 0.181 e. The van der Waals surface area contributed by atoms with Crippen LogP contribution in [0.5, 0.6) is 0 Å². The van der Waals surface area contributed by atoms with E-state index < -0.39 is 0 Å². The number of piperidine rings is 1. The molecule has 1 fully saturated rings. The van der Waals surface area contributed by atoms with Gasteiger partial charge >= 0.3 is 0 Å². The molecule has 17 heavy (non-hydrogen) atoms. The Kier molecular flexibility index (Phi) is 2.92. The Bertz CT molecular complexity index is 472. The molecule has 0 amide bonds. The van der Waals surface area contributed by atoms with Crippen molar-refractivity contribution in [2.75, 3.05) is 13.1 Å². The largest absolute Gasteiger partial charge is 0.448 e. The molecule has 0 atom stereocenters. The zero-order valence-corrected chi connectivity index (χ0v) is 9.73. The highest BCUT2D eigenvalue weighted by atomic mass is 16.3. The van der Waals surface area contributed by atoms with Crippen molar-refractivity contribution >= 4 is 0 Å². The Labute approximate surface area is 101 Å². The molecular weight excluding hydrogens is 212 g/mol. The molecule has 0 spiro atoms. The highest BCUT2D eigenvalue weighted by Crippen LogP contribution is 2.32. The van der Waals surface area contributed by atoms with Crippen molar-refractivity contribution in [3.8, 4) is 11.3 Å². The Morgan fingerprint density at radius 3 is 2.65 bits per heavy atom. The second-order valence-corrected chi connectivity index (χ2v) is 4.46. The van der Waals surface area contributed by atoms with Crippen LogP contribution in [0.2, 0.25) is 0 Å². The highest BCUT2D eigenvalue weighted by Gasteiger charge is 2.22. The third-order valence-corrected chi connectivity index (χ3v) is 3.35. The second kappa shape index (κ2) is 4.72. The maximum absolute atomic E-state index is 5.62. The van der Waals surface area contributed by atoms with E-state index in [1.165, 1.54) is 0 Å². The fourth-order valence-corrected chi connectivity index (χ4v) is 2.44. The molecule has 0 unspecified atom stereocenters. The number of hydrogen-bond acceptors (Lipinski definition) is 3. The zero-order valence-electron chi connectivity index (χ0n) is 9.73. The second-order valence-electron chi connectivity index (χ2n) is 4.46. The van der Waals surface area contributed by atoms with E-state index in [9.17, 15) is 0 Å². The van der Waals surface area contributed by atoms with Gasteiger partial charge in [-0.1, -0.05) is 30.3 Å². The summed E-state index contributed by atoms with van der Waals surface area (Å²) in [7, 11) is 0. The van der Waals surface area contributed by atoms with E-state index >= 15 is 0 Å². The van der Waals surface area contributed by atoms with Gasteiger partial charge in [-0.25, -0.2) is 4.98 Å². The van der Waals surface area contributed by atoms with E-state index in [0.29, 0.717) is 5.92 Å². The number of benzene rings is 1. The number of rotatable bonds is 2. The van der Waals surface area contributed by atoms with Crippen LogP contribution in [0.1, 0.15) is 24.5 Å². The Morgan fingerprint density at radius 2 is 1.88 bits per heavy atom. The van der Waals surface area contributed by atoms with Crippen LogP contribution in [0.3, 0.4) is 0 Å². The van der Waals surface area contributed by atoms with Crippen LogP contribution in [0.15, 0.2) is 41.1 Å². The third kappa shape index (κ3) is 2.11. The predicted molar refractivity (Wildman–Crippen MR) is 66.8 cm³/mol. The predicted octanol–water partition coefficient (Wildman–Crippen LogP) is 2.81. The smallest absolute Gasteiger partial charge is 0.181 e. The zero-order chi connectivity index (χ0) is 11.5. The van der Waals surface area contributed by atoms with E-state index in [1.54, 1.807) is 6.39 Å². The monoisotopic (exact) mass is 228 g/mol. The van der Waals surface area contributed by atoms with Crippen molar-refractivity contribution in [3.05, 3.63) is 42.5 Å². The summed E-state index contributed by atoms with van der Waals surface area (Å²) in [6, 6.07) is 10.3. The van der Waals surface area contributed by atoms with Crippen LogP contribution in [-0.2, 0) is 0 Å². The molecule has 3 rings (SSSR count). The molecule has 0 saturated carbocycles. The Morgan fingerprint density at radius 1 is 1.12 bits per heavy atom. The fourth-order valence-electron chi connectivity index (χ4n) is 2.44. The Balaban J connectivity index is 1.93. The van der Waals surface area contributed by atoms with Gasteiger partial charge in [-0.05, 0) is 25.9 Å². The highest BCUT2D eigenvalue weighted by molar-refractivity contribution is 5.61. The Hall–Kier alpha value is -1.61. The molecule has 0 aliphatic carbocycles. The number of nitrogens with one attached hydrogen (secondary N) is 1. The average molecular weight is 228 g/mol. The lowest BCUT2D eigenvalue weighted by atomic mass is 9.92. The molecule has 1 saturated heterocycles. The summed E-state index contributed by atoms with van der Waals surface area (Å²) in [5.41, 5.74) is 2.16. The summed E-state index contributed by atoms with van der Waals surface area (Å²) >= 11 is 0. The number of oxazole rings is 1. The van der Waals surface area contributed by atoms with Crippen molar-refractivity contribution in [3.63, 3.8) is 0 Å². The van der Waals surface area contributed by atoms with Crippen LogP contribution in [-0.4, -0.2) is 18.1 Å². The first-order valence-corrected chi connectivity index (χ1v) is 6.14. The molecule has 3 heteroatoms. The van der Waals surface area contributed by atoms with E-state index in [2.05, 4.69) is 22.4 Å². The van der Waals surface area contributed by atoms with E-state index in [4.69, 9.17) is 4.42 Å². The summed E-state index contributed by atoms with van der Waals surface area (Å²) in [5.74, 6) is 1.56. The van der Waals surface area contributed by atoms with Gasteiger partial charge in [0.1, 0.15) is 11.5 Å². The summed E-state index contributed by atoms with van der Waals surface area (Å²) in [5, 5.41) is 3.37. The van der Waals surface area contributed by atoms with E-state index in [0.717, 1.165) is 42.9 Å². The van der Waals surface area contributed by atoms with Gasteiger partial charge in [0.2, 0.25) is 0 Å². The lowest BCUT2D eigenvalue weighted by molar-refractivity contribution is 0.386. The van der Waals surface area contributed by atoms with Gasteiger partial charge in [-0.15, -0.1) is 0 Å². The molecule has 2 aromatic rings. The van der Waals surface area contributed by atoms with Crippen molar-refractivity contribution in [1.82, 2.24) is 10.3 Å². The van der Waals surface area contributed by atoms with Crippen LogP contribution in [0, 0.1) is 0 Å². The number of aromatic nitrogens is 1. The minimum Gasteiger partial charge on any atom is -0.448 e. The van der Waals surface area contributed by atoms with E-state index in [-0.39, 0.29) is 0 Å².